The van der Waals surface area contributed by atoms with Gasteiger partial charge in [-0.25, -0.2) is 0 Å². The Morgan fingerprint density at radius 2 is 2.06 bits per heavy atom. The summed E-state index contributed by atoms with van der Waals surface area (Å²) in [6.45, 7) is 1.78. The third-order valence-electron chi connectivity index (χ3n) is 2.32. The molecule has 0 spiro atoms. The third-order valence-corrected chi connectivity index (χ3v) is 2.78. The normalized spacial score (nSPS) is 13.2. The van der Waals surface area contributed by atoms with Gasteiger partial charge < -0.3 is 11.1 Å². The third kappa shape index (κ3) is 4.21. The largest absolute Gasteiger partial charge is 0.416 e. The number of hydrogen-bond donors (Lipinski definition) is 2. The number of nitrogens with one attached hydrogen (secondary N) is 1. The first kappa shape index (κ1) is 14.8. The fourth-order valence-electron chi connectivity index (χ4n) is 1.23. The maximum atomic E-state index is 12.6. The van der Waals surface area contributed by atoms with E-state index in [0.717, 1.165) is 12.1 Å². The van der Waals surface area contributed by atoms with E-state index in [9.17, 15) is 18.0 Å². The zero-order valence-electron chi connectivity index (χ0n) is 9.51. The van der Waals surface area contributed by atoms with Crippen LogP contribution in [0.25, 0.3) is 0 Å². The van der Waals surface area contributed by atoms with E-state index < -0.39 is 23.6 Å². The summed E-state index contributed by atoms with van der Waals surface area (Å²) in [5.41, 5.74) is 4.58. The van der Waals surface area contributed by atoms with Gasteiger partial charge in [-0.05, 0) is 18.2 Å². The SMILES string of the molecule is CC(CNc1cc(Br)cc(C(F)(F)F)c1)C(N)=O. The van der Waals surface area contributed by atoms with Crippen molar-refractivity contribution in [3.63, 3.8) is 0 Å². The fraction of sp³-hybridized carbons (Fsp3) is 0.364. The highest BCUT2D eigenvalue weighted by Crippen LogP contribution is 2.33. The molecule has 18 heavy (non-hydrogen) atoms. The minimum Gasteiger partial charge on any atom is -0.384 e. The molecule has 0 aliphatic carbocycles. The van der Waals surface area contributed by atoms with Crippen molar-refractivity contribution in [2.24, 2.45) is 11.7 Å². The molecule has 3 N–H and O–H groups in total. The van der Waals surface area contributed by atoms with Crippen molar-refractivity contribution in [1.82, 2.24) is 0 Å². The van der Waals surface area contributed by atoms with Gasteiger partial charge in [-0.3, -0.25) is 4.79 Å². The fourth-order valence-corrected chi connectivity index (χ4v) is 1.72. The van der Waals surface area contributed by atoms with Crippen LogP contribution in [0.3, 0.4) is 0 Å². The van der Waals surface area contributed by atoms with Gasteiger partial charge in [0.05, 0.1) is 11.5 Å². The second-order valence-electron chi connectivity index (χ2n) is 3.91. The average molecular weight is 325 g/mol. The molecule has 0 bridgehead atoms. The van der Waals surface area contributed by atoms with Gasteiger partial charge in [-0.1, -0.05) is 22.9 Å². The molecule has 7 heteroatoms. The Hall–Kier alpha value is -1.24. The zero-order chi connectivity index (χ0) is 13.9. The van der Waals surface area contributed by atoms with Crippen molar-refractivity contribution in [3.05, 3.63) is 28.2 Å². The number of nitrogens with two attached hydrogens (primary N) is 1. The van der Waals surface area contributed by atoms with Crippen molar-refractivity contribution in [1.29, 1.82) is 0 Å². The molecule has 1 atom stereocenters. The van der Waals surface area contributed by atoms with Crippen molar-refractivity contribution in [2.75, 3.05) is 11.9 Å². The highest BCUT2D eigenvalue weighted by atomic mass is 79.9. The van der Waals surface area contributed by atoms with Gasteiger partial charge in [0, 0.05) is 16.7 Å². The highest BCUT2D eigenvalue weighted by molar-refractivity contribution is 9.10. The molecule has 0 aliphatic heterocycles. The van der Waals surface area contributed by atoms with Crippen LogP contribution in [-0.2, 0) is 11.0 Å². The van der Waals surface area contributed by atoms with Crippen LogP contribution in [0.15, 0.2) is 22.7 Å². The number of benzene rings is 1. The van der Waals surface area contributed by atoms with E-state index in [1.807, 2.05) is 0 Å². The molecule has 1 rings (SSSR count). The Kier molecular flexibility index (Phi) is 4.61. The second kappa shape index (κ2) is 5.60. The van der Waals surface area contributed by atoms with E-state index in [0.29, 0.717) is 4.47 Å². The van der Waals surface area contributed by atoms with Crippen molar-refractivity contribution >= 4 is 27.5 Å². The lowest BCUT2D eigenvalue weighted by Crippen LogP contribution is -2.26. The summed E-state index contributed by atoms with van der Waals surface area (Å²) in [7, 11) is 0. The monoisotopic (exact) mass is 324 g/mol. The summed E-state index contributed by atoms with van der Waals surface area (Å²) >= 11 is 3.01. The maximum absolute atomic E-state index is 12.6. The van der Waals surface area contributed by atoms with Gasteiger partial charge in [0.15, 0.2) is 0 Å². The van der Waals surface area contributed by atoms with Gasteiger partial charge in [0.25, 0.3) is 0 Å². The van der Waals surface area contributed by atoms with Crippen LogP contribution in [0.2, 0.25) is 0 Å². The summed E-state index contributed by atoms with van der Waals surface area (Å²) in [6, 6.07) is 3.48. The van der Waals surface area contributed by atoms with Crippen LogP contribution in [0, 0.1) is 5.92 Å². The molecular weight excluding hydrogens is 313 g/mol. The Labute approximate surface area is 111 Å². The van der Waals surface area contributed by atoms with Gasteiger partial charge >= 0.3 is 6.18 Å². The Morgan fingerprint density at radius 3 is 2.56 bits per heavy atom. The number of amides is 1. The molecule has 1 aromatic rings. The summed E-state index contributed by atoms with van der Waals surface area (Å²) in [5.74, 6) is -0.966. The molecule has 100 valence electrons. The van der Waals surface area contributed by atoms with Gasteiger partial charge in [-0.15, -0.1) is 0 Å². The number of carbonyl (C=O) groups excluding carboxylic acids is 1. The number of primary amides is 1. The molecule has 1 aromatic carbocycles. The average Bonchev–Trinajstić information content (AvgIpc) is 2.23. The number of halogens is 4. The van der Waals surface area contributed by atoms with E-state index in [4.69, 9.17) is 5.73 Å². The van der Waals surface area contributed by atoms with E-state index in [2.05, 4.69) is 21.2 Å². The molecule has 0 radical (unpaired) electrons. The molecule has 0 fully saturated rings. The second-order valence-corrected chi connectivity index (χ2v) is 4.83. The topological polar surface area (TPSA) is 55.1 Å². The van der Waals surface area contributed by atoms with E-state index in [1.165, 1.54) is 6.07 Å². The van der Waals surface area contributed by atoms with Crippen molar-refractivity contribution in [3.8, 4) is 0 Å². The molecule has 0 saturated heterocycles. The lowest BCUT2D eigenvalue weighted by atomic mass is 10.1. The number of anilines is 1. The predicted octanol–water partition coefficient (Wildman–Crippen LogP) is 3.00. The standard InChI is InChI=1S/C11H12BrF3N2O/c1-6(10(16)18)5-17-9-3-7(11(13,14)15)2-8(12)4-9/h2-4,6,17H,5H2,1H3,(H2,16,18). The summed E-state index contributed by atoms with van der Waals surface area (Å²) in [5, 5.41) is 2.75. The van der Waals surface area contributed by atoms with Crippen LogP contribution in [0.4, 0.5) is 18.9 Å². The molecule has 0 saturated carbocycles. The first-order valence-corrected chi connectivity index (χ1v) is 5.90. The van der Waals surface area contributed by atoms with Crippen LogP contribution < -0.4 is 11.1 Å². The van der Waals surface area contributed by atoms with E-state index in [-0.39, 0.29) is 12.2 Å². The maximum Gasteiger partial charge on any atom is 0.416 e. The van der Waals surface area contributed by atoms with Gasteiger partial charge in [0.1, 0.15) is 0 Å². The van der Waals surface area contributed by atoms with E-state index >= 15 is 0 Å². The molecule has 0 heterocycles. The number of rotatable bonds is 4. The lowest BCUT2D eigenvalue weighted by Gasteiger charge is -2.13. The van der Waals surface area contributed by atoms with Crippen molar-refractivity contribution in [2.45, 2.75) is 13.1 Å². The van der Waals surface area contributed by atoms with Gasteiger partial charge in [-0.2, -0.15) is 13.2 Å². The molecule has 3 nitrogen and oxygen atoms in total. The predicted molar refractivity (Wildman–Crippen MR) is 66.0 cm³/mol. The highest BCUT2D eigenvalue weighted by Gasteiger charge is 2.31. The van der Waals surface area contributed by atoms with Crippen LogP contribution in [-0.4, -0.2) is 12.5 Å². The van der Waals surface area contributed by atoms with Gasteiger partial charge in [0.2, 0.25) is 5.91 Å². The summed E-state index contributed by atoms with van der Waals surface area (Å²) in [4.78, 5) is 10.8. The lowest BCUT2D eigenvalue weighted by molar-refractivity contribution is -0.137. The minimum absolute atomic E-state index is 0.184. The Balaban J connectivity index is 2.84. The first-order valence-electron chi connectivity index (χ1n) is 5.11. The Bertz CT molecular complexity index is 448. The zero-order valence-corrected chi connectivity index (χ0v) is 11.1. The first-order chi connectivity index (χ1) is 8.20. The number of alkyl halides is 3. The smallest absolute Gasteiger partial charge is 0.384 e. The van der Waals surface area contributed by atoms with Crippen LogP contribution in [0.1, 0.15) is 12.5 Å². The molecule has 0 aliphatic rings. The molecule has 1 amide bonds. The molecular formula is C11H12BrF3N2O. The van der Waals surface area contributed by atoms with E-state index in [1.54, 1.807) is 6.92 Å². The quantitative estimate of drug-likeness (QED) is 0.894. The number of hydrogen-bond acceptors (Lipinski definition) is 2. The summed E-state index contributed by atoms with van der Waals surface area (Å²) in [6.07, 6.45) is -4.41. The Morgan fingerprint density at radius 1 is 1.44 bits per heavy atom. The molecule has 1 unspecified atom stereocenters. The van der Waals surface area contributed by atoms with Crippen LogP contribution in [0.5, 0.6) is 0 Å². The van der Waals surface area contributed by atoms with Crippen molar-refractivity contribution < 1.29 is 18.0 Å². The van der Waals surface area contributed by atoms with Crippen LogP contribution >= 0.6 is 15.9 Å². The molecule has 0 aromatic heterocycles. The number of carbonyl (C=O) groups is 1. The minimum atomic E-state index is -4.41. The summed E-state index contributed by atoms with van der Waals surface area (Å²) < 4.78 is 38.0.